The van der Waals surface area contributed by atoms with E-state index in [1.54, 1.807) is 18.2 Å². The molecule has 6 heteroatoms. The van der Waals surface area contributed by atoms with Crippen molar-refractivity contribution >= 4 is 0 Å². The average molecular weight is 285 g/mol. The summed E-state index contributed by atoms with van der Waals surface area (Å²) in [5.41, 5.74) is 0.527. The van der Waals surface area contributed by atoms with Crippen molar-refractivity contribution in [1.29, 1.82) is 5.26 Å². The largest absolute Gasteiger partial charge is 0.490 e. The molecular formula is C15H15N3O3. The fourth-order valence-corrected chi connectivity index (χ4v) is 1.92. The highest BCUT2D eigenvalue weighted by atomic mass is 16.5. The van der Waals surface area contributed by atoms with Crippen LogP contribution in [0.2, 0.25) is 0 Å². The SMILES string of the molecule is CCOc1cc(C#N)ccc1OCc1nnc(C2CC2)o1. The first kappa shape index (κ1) is 13.4. The predicted octanol–water partition coefficient (Wildman–Crippen LogP) is 2.80. The van der Waals surface area contributed by atoms with Crippen molar-refractivity contribution in [3.63, 3.8) is 0 Å². The Morgan fingerprint density at radius 2 is 2.14 bits per heavy atom. The second kappa shape index (κ2) is 5.83. The zero-order chi connectivity index (χ0) is 14.7. The average Bonchev–Trinajstić information content (AvgIpc) is 3.25. The molecular weight excluding hydrogens is 270 g/mol. The molecule has 1 aliphatic rings. The molecule has 6 nitrogen and oxygen atoms in total. The number of ether oxygens (including phenoxy) is 2. The monoisotopic (exact) mass is 285 g/mol. The van der Waals surface area contributed by atoms with Crippen molar-refractivity contribution in [2.24, 2.45) is 0 Å². The van der Waals surface area contributed by atoms with Gasteiger partial charge in [0, 0.05) is 12.0 Å². The molecule has 0 saturated heterocycles. The maximum Gasteiger partial charge on any atom is 0.253 e. The highest BCUT2D eigenvalue weighted by Crippen LogP contribution is 2.39. The summed E-state index contributed by atoms with van der Waals surface area (Å²) in [7, 11) is 0. The lowest BCUT2D eigenvalue weighted by Crippen LogP contribution is -2.00. The summed E-state index contributed by atoms with van der Waals surface area (Å²) in [4.78, 5) is 0. The molecule has 0 N–H and O–H groups in total. The summed E-state index contributed by atoms with van der Waals surface area (Å²) in [5.74, 6) is 2.67. The first-order valence-electron chi connectivity index (χ1n) is 6.92. The molecule has 1 aromatic heterocycles. The molecule has 1 fully saturated rings. The van der Waals surface area contributed by atoms with Crippen molar-refractivity contribution in [2.75, 3.05) is 6.61 Å². The van der Waals surface area contributed by atoms with Crippen LogP contribution in [0, 0.1) is 11.3 Å². The highest BCUT2D eigenvalue weighted by Gasteiger charge is 2.29. The van der Waals surface area contributed by atoms with Gasteiger partial charge in [0.2, 0.25) is 5.89 Å². The zero-order valence-electron chi connectivity index (χ0n) is 11.7. The van der Waals surface area contributed by atoms with E-state index in [9.17, 15) is 0 Å². The third-order valence-corrected chi connectivity index (χ3v) is 3.13. The van der Waals surface area contributed by atoms with Gasteiger partial charge < -0.3 is 13.9 Å². The molecule has 2 aromatic rings. The number of rotatable bonds is 6. The van der Waals surface area contributed by atoms with Crippen LogP contribution >= 0.6 is 0 Å². The maximum atomic E-state index is 8.91. The Bertz CT molecular complexity index is 671. The highest BCUT2D eigenvalue weighted by molar-refractivity contribution is 5.46. The van der Waals surface area contributed by atoms with Crippen LogP contribution in [0.5, 0.6) is 11.5 Å². The van der Waals surface area contributed by atoms with Crippen molar-refractivity contribution in [3.05, 3.63) is 35.5 Å². The van der Waals surface area contributed by atoms with Crippen molar-refractivity contribution < 1.29 is 13.9 Å². The van der Waals surface area contributed by atoms with Crippen LogP contribution in [-0.4, -0.2) is 16.8 Å². The molecule has 0 radical (unpaired) electrons. The second-order valence-corrected chi connectivity index (χ2v) is 4.80. The number of nitrogens with zero attached hydrogens (tertiary/aromatic N) is 3. The van der Waals surface area contributed by atoms with Gasteiger partial charge in [0.1, 0.15) is 0 Å². The van der Waals surface area contributed by atoms with E-state index in [1.807, 2.05) is 6.92 Å². The first-order valence-corrected chi connectivity index (χ1v) is 6.92. The second-order valence-electron chi connectivity index (χ2n) is 4.80. The van der Waals surface area contributed by atoms with E-state index in [1.165, 1.54) is 0 Å². The predicted molar refractivity (Wildman–Crippen MR) is 72.9 cm³/mol. The Balaban J connectivity index is 1.69. The Hall–Kier alpha value is -2.55. The molecule has 21 heavy (non-hydrogen) atoms. The normalized spacial score (nSPS) is 13.7. The number of hydrogen-bond donors (Lipinski definition) is 0. The minimum Gasteiger partial charge on any atom is -0.490 e. The lowest BCUT2D eigenvalue weighted by molar-refractivity contribution is 0.239. The van der Waals surface area contributed by atoms with Gasteiger partial charge in [-0.25, -0.2) is 0 Å². The Labute approximate surface area is 122 Å². The quantitative estimate of drug-likeness (QED) is 0.811. The fourth-order valence-electron chi connectivity index (χ4n) is 1.92. The lowest BCUT2D eigenvalue weighted by atomic mass is 10.2. The summed E-state index contributed by atoms with van der Waals surface area (Å²) < 4.78 is 16.7. The number of aromatic nitrogens is 2. The Morgan fingerprint density at radius 1 is 1.29 bits per heavy atom. The summed E-state index contributed by atoms with van der Waals surface area (Å²) >= 11 is 0. The minimum absolute atomic E-state index is 0.186. The molecule has 1 aliphatic carbocycles. The van der Waals surface area contributed by atoms with E-state index in [2.05, 4.69) is 16.3 Å². The summed E-state index contributed by atoms with van der Waals surface area (Å²) in [6.45, 7) is 2.56. The zero-order valence-corrected chi connectivity index (χ0v) is 11.7. The molecule has 0 unspecified atom stereocenters. The van der Waals surface area contributed by atoms with Gasteiger partial charge in [-0.3, -0.25) is 0 Å². The topological polar surface area (TPSA) is 81.2 Å². The van der Waals surface area contributed by atoms with Gasteiger partial charge in [-0.2, -0.15) is 5.26 Å². The standard InChI is InChI=1S/C15H15N3O3/c1-2-19-13-7-10(8-16)3-6-12(13)20-9-14-17-18-15(21-14)11-4-5-11/h3,6-7,11H,2,4-5,9H2,1H3. The summed E-state index contributed by atoms with van der Waals surface area (Å²) in [6, 6.07) is 7.12. The molecule has 1 saturated carbocycles. The van der Waals surface area contributed by atoms with Gasteiger partial charge in [0.25, 0.3) is 5.89 Å². The molecule has 0 atom stereocenters. The molecule has 0 bridgehead atoms. The van der Waals surface area contributed by atoms with Crippen LogP contribution in [0.25, 0.3) is 0 Å². The van der Waals surface area contributed by atoms with E-state index in [0.717, 1.165) is 12.8 Å². The lowest BCUT2D eigenvalue weighted by Gasteiger charge is -2.10. The molecule has 0 aliphatic heterocycles. The van der Waals surface area contributed by atoms with Gasteiger partial charge >= 0.3 is 0 Å². The molecule has 0 amide bonds. The third kappa shape index (κ3) is 3.14. The molecule has 108 valence electrons. The third-order valence-electron chi connectivity index (χ3n) is 3.13. The van der Waals surface area contributed by atoms with E-state index < -0.39 is 0 Å². The number of hydrogen-bond acceptors (Lipinski definition) is 6. The smallest absolute Gasteiger partial charge is 0.253 e. The van der Waals surface area contributed by atoms with E-state index in [4.69, 9.17) is 19.2 Å². The maximum absolute atomic E-state index is 8.91. The van der Waals surface area contributed by atoms with Crippen LogP contribution in [0.4, 0.5) is 0 Å². The van der Waals surface area contributed by atoms with Gasteiger partial charge in [-0.15, -0.1) is 10.2 Å². The van der Waals surface area contributed by atoms with Gasteiger partial charge in [0.15, 0.2) is 18.1 Å². The van der Waals surface area contributed by atoms with Crippen molar-refractivity contribution in [3.8, 4) is 17.6 Å². The van der Waals surface area contributed by atoms with Crippen LogP contribution in [0.3, 0.4) is 0 Å². The van der Waals surface area contributed by atoms with E-state index in [-0.39, 0.29) is 6.61 Å². The fraction of sp³-hybridized carbons (Fsp3) is 0.400. The van der Waals surface area contributed by atoms with Crippen LogP contribution < -0.4 is 9.47 Å². The van der Waals surface area contributed by atoms with Gasteiger partial charge in [-0.05, 0) is 31.9 Å². The Morgan fingerprint density at radius 3 is 2.86 bits per heavy atom. The van der Waals surface area contributed by atoms with Crippen LogP contribution in [0.1, 0.15) is 43.0 Å². The number of nitriles is 1. The van der Waals surface area contributed by atoms with Gasteiger partial charge in [0.05, 0.1) is 18.2 Å². The van der Waals surface area contributed by atoms with Crippen molar-refractivity contribution in [2.45, 2.75) is 32.3 Å². The minimum atomic E-state index is 0.186. The molecule has 3 rings (SSSR count). The summed E-state index contributed by atoms with van der Waals surface area (Å²) in [5, 5.41) is 16.9. The number of benzene rings is 1. The van der Waals surface area contributed by atoms with Gasteiger partial charge in [-0.1, -0.05) is 0 Å². The molecule has 1 heterocycles. The van der Waals surface area contributed by atoms with Crippen molar-refractivity contribution in [1.82, 2.24) is 10.2 Å². The summed E-state index contributed by atoms with van der Waals surface area (Å²) in [6.07, 6.45) is 2.24. The Kier molecular flexibility index (Phi) is 3.73. The molecule has 0 spiro atoms. The van der Waals surface area contributed by atoms with E-state index >= 15 is 0 Å². The van der Waals surface area contributed by atoms with Crippen LogP contribution in [-0.2, 0) is 6.61 Å². The first-order chi connectivity index (χ1) is 10.3. The molecule has 1 aromatic carbocycles. The van der Waals surface area contributed by atoms with E-state index in [0.29, 0.717) is 41.4 Å². The van der Waals surface area contributed by atoms with Crippen LogP contribution in [0.15, 0.2) is 22.6 Å².